The average Bonchev–Trinajstić information content (AvgIpc) is 2.46. The number of halogens is 1. The van der Waals surface area contributed by atoms with Gasteiger partial charge in [-0.05, 0) is 26.0 Å². The van der Waals surface area contributed by atoms with Gasteiger partial charge in [0.2, 0.25) is 0 Å². The molecule has 118 valence electrons. The van der Waals surface area contributed by atoms with Gasteiger partial charge in [-0.3, -0.25) is 4.99 Å². The van der Waals surface area contributed by atoms with E-state index in [9.17, 15) is 0 Å². The van der Waals surface area contributed by atoms with Gasteiger partial charge in [0.25, 0.3) is 0 Å². The maximum absolute atomic E-state index is 6.07. The van der Waals surface area contributed by atoms with Gasteiger partial charge in [-0.2, -0.15) is 0 Å². The van der Waals surface area contributed by atoms with Crippen molar-refractivity contribution in [1.29, 1.82) is 0 Å². The summed E-state index contributed by atoms with van der Waals surface area (Å²) < 4.78 is 10.9. The minimum absolute atomic E-state index is 0.0406. The molecule has 2 unspecified atom stereocenters. The molecule has 0 spiro atoms. The Hall–Kier alpha value is -1.46. The number of aliphatic imine (C=N–C) groups is 1. The number of nitrogens with zero attached hydrogens (tertiary/aromatic N) is 1. The number of ether oxygens (including phenoxy) is 2. The summed E-state index contributed by atoms with van der Waals surface area (Å²) in [4.78, 5) is 4.16. The maximum Gasteiger partial charge on any atom is 0.191 e. The lowest BCUT2D eigenvalue weighted by Crippen LogP contribution is -2.46. The van der Waals surface area contributed by atoms with Crippen molar-refractivity contribution in [2.24, 2.45) is 4.99 Å². The Morgan fingerprint density at radius 3 is 2.67 bits per heavy atom. The molecule has 0 aromatic heterocycles. The summed E-state index contributed by atoms with van der Waals surface area (Å²) in [7, 11) is 3.41. The van der Waals surface area contributed by atoms with E-state index >= 15 is 0 Å². The first-order chi connectivity index (χ1) is 10.1. The van der Waals surface area contributed by atoms with E-state index in [0.29, 0.717) is 29.9 Å². The number of benzene rings is 1. The second-order valence-corrected chi connectivity index (χ2v) is 5.22. The van der Waals surface area contributed by atoms with Crippen molar-refractivity contribution in [3.63, 3.8) is 0 Å². The fraction of sp³-hybridized carbons (Fsp3) is 0.533. The van der Waals surface area contributed by atoms with Gasteiger partial charge in [-0.15, -0.1) is 0 Å². The predicted octanol–water partition coefficient (Wildman–Crippen LogP) is 2.31. The van der Waals surface area contributed by atoms with Crippen molar-refractivity contribution in [3.05, 3.63) is 29.3 Å². The minimum Gasteiger partial charge on any atom is -0.487 e. The lowest BCUT2D eigenvalue weighted by Gasteiger charge is -2.20. The number of para-hydroxylation sites is 1. The van der Waals surface area contributed by atoms with Crippen molar-refractivity contribution in [1.82, 2.24) is 10.6 Å². The highest BCUT2D eigenvalue weighted by Gasteiger charge is 2.09. The molecular weight excluding hydrogens is 290 g/mol. The number of hydrogen-bond donors (Lipinski definition) is 2. The van der Waals surface area contributed by atoms with E-state index in [1.54, 1.807) is 14.2 Å². The maximum atomic E-state index is 6.07. The van der Waals surface area contributed by atoms with Gasteiger partial charge in [-0.25, -0.2) is 0 Å². The third-order valence-electron chi connectivity index (χ3n) is 2.75. The molecule has 0 aliphatic rings. The molecule has 6 heteroatoms. The van der Waals surface area contributed by atoms with Crippen LogP contribution in [0.2, 0.25) is 5.02 Å². The van der Waals surface area contributed by atoms with Gasteiger partial charge < -0.3 is 20.1 Å². The first-order valence-corrected chi connectivity index (χ1v) is 7.32. The van der Waals surface area contributed by atoms with Gasteiger partial charge in [0.1, 0.15) is 11.9 Å². The van der Waals surface area contributed by atoms with Crippen LogP contribution in [0.1, 0.15) is 13.8 Å². The molecule has 0 fully saturated rings. The van der Waals surface area contributed by atoms with Crippen LogP contribution in [0.5, 0.6) is 5.75 Å². The van der Waals surface area contributed by atoms with Crippen LogP contribution in [0.4, 0.5) is 0 Å². The van der Waals surface area contributed by atoms with Crippen molar-refractivity contribution in [2.45, 2.75) is 26.0 Å². The zero-order valence-electron chi connectivity index (χ0n) is 13.0. The molecule has 0 saturated carbocycles. The SMILES string of the molecule is CN=C(NCC(C)Oc1ccccc1Cl)NC(C)COC. The standard InChI is InChI=1S/C15H24ClN3O2/c1-11(10-20-4)19-15(17-3)18-9-12(2)21-14-8-6-5-7-13(14)16/h5-8,11-12H,9-10H2,1-4H3,(H2,17,18,19). The van der Waals surface area contributed by atoms with Gasteiger partial charge in [0.15, 0.2) is 5.96 Å². The summed E-state index contributed by atoms with van der Waals surface area (Å²) in [6.07, 6.45) is -0.0406. The predicted molar refractivity (Wildman–Crippen MR) is 87.4 cm³/mol. The Labute approximate surface area is 131 Å². The molecule has 0 aliphatic carbocycles. The number of nitrogens with one attached hydrogen (secondary N) is 2. The van der Waals surface area contributed by atoms with Crippen molar-refractivity contribution < 1.29 is 9.47 Å². The topological polar surface area (TPSA) is 54.9 Å². The number of rotatable bonds is 7. The summed E-state index contributed by atoms with van der Waals surface area (Å²) in [5.74, 6) is 1.40. The fourth-order valence-electron chi connectivity index (χ4n) is 1.76. The zero-order valence-corrected chi connectivity index (χ0v) is 13.8. The lowest BCUT2D eigenvalue weighted by atomic mass is 10.3. The monoisotopic (exact) mass is 313 g/mol. The summed E-state index contributed by atoms with van der Waals surface area (Å²) in [6, 6.07) is 7.62. The van der Waals surface area contributed by atoms with E-state index in [1.165, 1.54) is 0 Å². The molecule has 0 heterocycles. The second-order valence-electron chi connectivity index (χ2n) is 4.81. The minimum atomic E-state index is -0.0406. The van der Waals surface area contributed by atoms with Gasteiger partial charge >= 0.3 is 0 Å². The van der Waals surface area contributed by atoms with Crippen LogP contribution in [0, 0.1) is 0 Å². The summed E-state index contributed by atoms with van der Waals surface area (Å²) >= 11 is 6.07. The normalized spacial score (nSPS) is 14.4. The molecule has 0 bridgehead atoms. The van der Waals surface area contributed by atoms with E-state index in [2.05, 4.69) is 15.6 Å². The summed E-state index contributed by atoms with van der Waals surface area (Å²) in [6.45, 7) is 5.24. The van der Waals surface area contributed by atoms with E-state index < -0.39 is 0 Å². The Morgan fingerprint density at radius 1 is 1.33 bits per heavy atom. The molecule has 21 heavy (non-hydrogen) atoms. The third-order valence-corrected chi connectivity index (χ3v) is 3.06. The molecule has 1 aromatic rings. The van der Waals surface area contributed by atoms with E-state index in [4.69, 9.17) is 21.1 Å². The molecule has 1 aromatic carbocycles. The van der Waals surface area contributed by atoms with Crippen molar-refractivity contribution in [2.75, 3.05) is 27.3 Å². The number of methoxy groups -OCH3 is 1. The molecule has 5 nitrogen and oxygen atoms in total. The summed E-state index contributed by atoms with van der Waals surface area (Å²) in [5.41, 5.74) is 0. The van der Waals surface area contributed by atoms with Crippen LogP contribution < -0.4 is 15.4 Å². The molecule has 2 N–H and O–H groups in total. The molecule has 0 amide bonds. The average molecular weight is 314 g/mol. The first-order valence-electron chi connectivity index (χ1n) is 6.94. The Kier molecular flexibility index (Phi) is 7.93. The Bertz CT molecular complexity index is 454. The molecule has 1 rings (SSSR count). The van der Waals surface area contributed by atoms with E-state index in [-0.39, 0.29) is 12.1 Å². The molecule has 0 radical (unpaired) electrons. The third kappa shape index (κ3) is 6.69. The highest BCUT2D eigenvalue weighted by atomic mass is 35.5. The van der Waals surface area contributed by atoms with E-state index in [0.717, 1.165) is 0 Å². The lowest BCUT2D eigenvalue weighted by molar-refractivity contribution is 0.178. The summed E-state index contributed by atoms with van der Waals surface area (Å²) in [5, 5.41) is 7.06. The van der Waals surface area contributed by atoms with Crippen LogP contribution in [0.15, 0.2) is 29.3 Å². The van der Waals surface area contributed by atoms with Crippen LogP contribution in [-0.4, -0.2) is 45.4 Å². The van der Waals surface area contributed by atoms with Crippen LogP contribution in [0.3, 0.4) is 0 Å². The molecule has 0 saturated heterocycles. The van der Waals surface area contributed by atoms with Crippen molar-refractivity contribution in [3.8, 4) is 5.75 Å². The smallest absolute Gasteiger partial charge is 0.191 e. The molecular formula is C15H24ClN3O2. The highest BCUT2D eigenvalue weighted by molar-refractivity contribution is 6.32. The fourth-order valence-corrected chi connectivity index (χ4v) is 1.94. The second kappa shape index (κ2) is 9.47. The Morgan fingerprint density at radius 2 is 2.05 bits per heavy atom. The number of hydrogen-bond acceptors (Lipinski definition) is 3. The number of guanidine groups is 1. The van der Waals surface area contributed by atoms with Gasteiger partial charge in [0, 0.05) is 20.2 Å². The van der Waals surface area contributed by atoms with Gasteiger partial charge in [0.05, 0.1) is 18.2 Å². The Balaban J connectivity index is 2.41. The first kappa shape index (κ1) is 17.6. The highest BCUT2D eigenvalue weighted by Crippen LogP contribution is 2.23. The molecule has 0 aliphatic heterocycles. The van der Waals surface area contributed by atoms with Crippen molar-refractivity contribution >= 4 is 17.6 Å². The van der Waals surface area contributed by atoms with Gasteiger partial charge in [-0.1, -0.05) is 23.7 Å². The zero-order chi connectivity index (χ0) is 15.7. The van der Waals surface area contributed by atoms with Crippen LogP contribution in [0.25, 0.3) is 0 Å². The largest absolute Gasteiger partial charge is 0.487 e. The van der Waals surface area contributed by atoms with E-state index in [1.807, 2.05) is 38.1 Å². The van der Waals surface area contributed by atoms with Crippen LogP contribution >= 0.6 is 11.6 Å². The molecule has 2 atom stereocenters. The quantitative estimate of drug-likeness (QED) is 0.599. The van der Waals surface area contributed by atoms with Crippen LogP contribution in [-0.2, 0) is 4.74 Å².